The third kappa shape index (κ3) is 4.03. The number of hydrogen-bond acceptors (Lipinski definition) is 5. The van der Waals surface area contributed by atoms with Crippen molar-refractivity contribution in [3.8, 4) is 17.1 Å². The number of rotatable bonds is 6. The Morgan fingerprint density at radius 1 is 1.31 bits per heavy atom. The van der Waals surface area contributed by atoms with Crippen molar-refractivity contribution in [2.45, 2.75) is 32.4 Å². The van der Waals surface area contributed by atoms with Crippen molar-refractivity contribution in [3.05, 3.63) is 64.2 Å². The molecule has 29 heavy (non-hydrogen) atoms. The summed E-state index contributed by atoms with van der Waals surface area (Å²) >= 11 is 3.25. The lowest BCUT2D eigenvalue weighted by Crippen LogP contribution is -2.27. The molecule has 3 aromatic rings. The van der Waals surface area contributed by atoms with Gasteiger partial charge in [0.25, 0.3) is 0 Å². The molecule has 0 spiro atoms. The third-order valence-corrected chi connectivity index (χ3v) is 5.33. The minimum absolute atomic E-state index is 0.0632. The lowest BCUT2D eigenvalue weighted by atomic mass is 10.1. The summed E-state index contributed by atoms with van der Waals surface area (Å²) in [6.07, 6.45) is 0.905. The fourth-order valence-corrected chi connectivity index (χ4v) is 3.77. The Labute approximate surface area is 175 Å². The van der Waals surface area contributed by atoms with Crippen molar-refractivity contribution < 1.29 is 18.4 Å². The van der Waals surface area contributed by atoms with Crippen molar-refractivity contribution in [2.75, 3.05) is 6.61 Å². The zero-order valence-electron chi connectivity index (χ0n) is 15.8. The number of amides is 1. The van der Waals surface area contributed by atoms with E-state index in [1.54, 1.807) is 17.0 Å². The number of carbonyl (C=O) groups excluding carboxylic acids is 1. The van der Waals surface area contributed by atoms with Crippen molar-refractivity contribution >= 4 is 21.8 Å². The Morgan fingerprint density at radius 3 is 2.93 bits per heavy atom. The van der Waals surface area contributed by atoms with Gasteiger partial charge in [-0.15, -0.1) is 0 Å². The molecule has 1 amide bonds. The van der Waals surface area contributed by atoms with Crippen LogP contribution in [0.4, 0.5) is 4.39 Å². The number of benzene rings is 2. The number of likely N-dealkylation sites (tertiary alicyclic amines) is 1. The highest BCUT2D eigenvalue weighted by atomic mass is 79.9. The van der Waals surface area contributed by atoms with E-state index in [2.05, 4.69) is 26.1 Å². The molecular formula is C21H19BrFN3O3. The van der Waals surface area contributed by atoms with E-state index in [0.29, 0.717) is 46.9 Å². The molecule has 1 aliphatic rings. The molecule has 0 aliphatic carbocycles. The highest BCUT2D eigenvalue weighted by Crippen LogP contribution is 2.36. The summed E-state index contributed by atoms with van der Waals surface area (Å²) in [5.74, 6) is 0.980. The maximum Gasteiger partial charge on any atom is 0.249 e. The predicted molar refractivity (Wildman–Crippen MR) is 108 cm³/mol. The molecule has 1 unspecified atom stereocenters. The van der Waals surface area contributed by atoms with Gasteiger partial charge in [0.05, 0.1) is 12.2 Å². The maximum atomic E-state index is 14.3. The summed E-state index contributed by atoms with van der Waals surface area (Å²) in [7, 11) is 0. The van der Waals surface area contributed by atoms with Crippen LogP contribution in [0.5, 0.6) is 5.75 Å². The zero-order chi connectivity index (χ0) is 20.4. The first kappa shape index (κ1) is 19.6. The molecule has 1 saturated heterocycles. The first-order valence-electron chi connectivity index (χ1n) is 9.36. The minimum atomic E-state index is -0.383. The van der Waals surface area contributed by atoms with E-state index in [4.69, 9.17) is 9.26 Å². The second kappa shape index (κ2) is 8.32. The Balaban J connectivity index is 1.60. The van der Waals surface area contributed by atoms with Gasteiger partial charge in [0.2, 0.25) is 17.6 Å². The van der Waals surface area contributed by atoms with E-state index < -0.39 is 0 Å². The van der Waals surface area contributed by atoms with Crippen LogP contribution in [0, 0.1) is 5.82 Å². The number of nitrogens with zero attached hydrogens (tertiary/aromatic N) is 3. The van der Waals surface area contributed by atoms with Gasteiger partial charge in [-0.05, 0) is 37.6 Å². The lowest BCUT2D eigenvalue weighted by molar-refractivity contribution is -0.130. The van der Waals surface area contributed by atoms with Crippen LogP contribution in [-0.2, 0) is 11.3 Å². The topological polar surface area (TPSA) is 68.5 Å². The number of hydrogen-bond donors (Lipinski definition) is 0. The molecule has 1 aromatic heterocycles. The summed E-state index contributed by atoms with van der Waals surface area (Å²) in [6, 6.07) is 11.9. The molecule has 6 nitrogen and oxygen atoms in total. The van der Waals surface area contributed by atoms with Crippen LogP contribution < -0.4 is 4.74 Å². The summed E-state index contributed by atoms with van der Waals surface area (Å²) in [5.41, 5.74) is 1.16. The van der Waals surface area contributed by atoms with E-state index in [1.165, 1.54) is 6.07 Å². The van der Waals surface area contributed by atoms with E-state index >= 15 is 0 Å². The first-order valence-corrected chi connectivity index (χ1v) is 10.1. The van der Waals surface area contributed by atoms with Crippen molar-refractivity contribution in [3.63, 3.8) is 0 Å². The Hall–Kier alpha value is -2.74. The molecule has 150 valence electrons. The summed E-state index contributed by atoms with van der Waals surface area (Å²) in [4.78, 5) is 18.6. The first-order chi connectivity index (χ1) is 14.1. The van der Waals surface area contributed by atoms with Gasteiger partial charge in [0.15, 0.2) is 0 Å². The van der Waals surface area contributed by atoms with Crippen LogP contribution in [0.1, 0.15) is 37.3 Å². The predicted octanol–water partition coefficient (Wildman–Crippen LogP) is 4.90. The molecule has 1 aliphatic heterocycles. The van der Waals surface area contributed by atoms with Crippen LogP contribution >= 0.6 is 15.9 Å². The number of para-hydroxylation sites is 1. The molecular weight excluding hydrogens is 441 g/mol. The second-order valence-corrected chi connectivity index (χ2v) is 7.61. The SMILES string of the molecule is CCOc1ccccc1-c1noc(C2CCC(=O)N2Cc2ccc(Br)cc2F)n1. The minimum Gasteiger partial charge on any atom is -0.493 e. The van der Waals surface area contributed by atoms with E-state index in [9.17, 15) is 9.18 Å². The van der Waals surface area contributed by atoms with Gasteiger partial charge in [-0.3, -0.25) is 4.79 Å². The zero-order valence-corrected chi connectivity index (χ0v) is 17.4. The summed E-state index contributed by atoms with van der Waals surface area (Å²) < 4.78 is 26.0. The van der Waals surface area contributed by atoms with Gasteiger partial charge in [-0.2, -0.15) is 4.98 Å². The Morgan fingerprint density at radius 2 is 2.14 bits per heavy atom. The molecule has 1 atom stereocenters. The van der Waals surface area contributed by atoms with Crippen LogP contribution in [0.15, 0.2) is 51.5 Å². The Kier molecular flexibility index (Phi) is 5.62. The lowest BCUT2D eigenvalue weighted by Gasteiger charge is -2.22. The van der Waals surface area contributed by atoms with Gasteiger partial charge >= 0.3 is 0 Å². The van der Waals surface area contributed by atoms with Crippen LogP contribution in [0.3, 0.4) is 0 Å². The number of halogens is 2. The molecule has 0 N–H and O–H groups in total. The summed E-state index contributed by atoms with van der Waals surface area (Å²) in [5, 5.41) is 4.09. The highest BCUT2D eigenvalue weighted by Gasteiger charge is 2.36. The van der Waals surface area contributed by atoms with Gasteiger partial charge in [-0.1, -0.05) is 39.3 Å². The fourth-order valence-electron chi connectivity index (χ4n) is 3.43. The van der Waals surface area contributed by atoms with Crippen LogP contribution in [0.25, 0.3) is 11.4 Å². The molecule has 0 saturated carbocycles. The van der Waals surface area contributed by atoms with E-state index in [-0.39, 0.29) is 24.3 Å². The standard InChI is InChI=1S/C21H19BrFN3O3/c1-2-28-18-6-4-3-5-15(18)20-24-21(29-25-20)17-9-10-19(27)26(17)12-13-7-8-14(22)11-16(13)23/h3-8,11,17H,2,9-10,12H2,1H3. The van der Waals surface area contributed by atoms with Crippen molar-refractivity contribution in [2.24, 2.45) is 0 Å². The number of carbonyl (C=O) groups is 1. The molecule has 8 heteroatoms. The second-order valence-electron chi connectivity index (χ2n) is 6.70. The quantitative estimate of drug-likeness (QED) is 0.524. The molecule has 1 fully saturated rings. The van der Waals surface area contributed by atoms with Crippen LogP contribution in [-0.4, -0.2) is 27.6 Å². The average molecular weight is 460 g/mol. The molecule has 2 aromatic carbocycles. The van der Waals surface area contributed by atoms with Gasteiger partial charge in [0.1, 0.15) is 17.6 Å². The largest absolute Gasteiger partial charge is 0.493 e. The smallest absolute Gasteiger partial charge is 0.249 e. The number of ether oxygens (including phenoxy) is 1. The third-order valence-electron chi connectivity index (χ3n) is 4.84. The van der Waals surface area contributed by atoms with Gasteiger partial charge in [0, 0.05) is 23.0 Å². The van der Waals surface area contributed by atoms with E-state index in [0.717, 1.165) is 5.56 Å². The fraction of sp³-hybridized carbons (Fsp3) is 0.286. The average Bonchev–Trinajstić information content (AvgIpc) is 3.32. The highest BCUT2D eigenvalue weighted by molar-refractivity contribution is 9.10. The Bertz CT molecular complexity index is 1040. The van der Waals surface area contributed by atoms with Crippen molar-refractivity contribution in [1.29, 1.82) is 0 Å². The normalized spacial score (nSPS) is 16.4. The molecule has 2 heterocycles. The molecule has 4 rings (SSSR count). The molecule has 0 radical (unpaired) electrons. The van der Waals surface area contributed by atoms with Crippen molar-refractivity contribution in [1.82, 2.24) is 15.0 Å². The molecule has 0 bridgehead atoms. The van der Waals surface area contributed by atoms with E-state index in [1.807, 2.05) is 31.2 Å². The van der Waals surface area contributed by atoms with Crippen LogP contribution in [0.2, 0.25) is 0 Å². The van der Waals surface area contributed by atoms with Gasteiger partial charge in [-0.25, -0.2) is 4.39 Å². The summed E-state index contributed by atoms with van der Waals surface area (Å²) in [6.45, 7) is 2.57. The van der Waals surface area contributed by atoms with Gasteiger partial charge < -0.3 is 14.2 Å². The monoisotopic (exact) mass is 459 g/mol. The number of aromatic nitrogens is 2. The maximum absolute atomic E-state index is 14.3.